The number of hydrogen-bond donors (Lipinski definition) is 0. The molecule has 8 rings (SSSR count). The van der Waals surface area contributed by atoms with Crippen molar-refractivity contribution in [3.63, 3.8) is 0 Å². The number of anilines is 4. The van der Waals surface area contributed by atoms with E-state index < -0.39 is 0 Å². The van der Waals surface area contributed by atoms with Gasteiger partial charge < -0.3 is 14.5 Å². The topological polar surface area (TPSA) is 33.5 Å². The Hall–Kier alpha value is -5.62. The van der Waals surface area contributed by atoms with Gasteiger partial charge in [0.25, 0.3) is 0 Å². The first kappa shape index (κ1) is 28.8. The van der Waals surface area contributed by atoms with Gasteiger partial charge in [0, 0.05) is 40.5 Å². The zero-order chi connectivity index (χ0) is 32.1. The van der Waals surface area contributed by atoms with Crippen molar-refractivity contribution in [2.75, 3.05) is 16.5 Å². The predicted octanol–water partition coefficient (Wildman–Crippen LogP) is 11.0. The number of benzene rings is 5. The summed E-state index contributed by atoms with van der Waals surface area (Å²) in [4.78, 5) is 9.19. The Balaban J connectivity index is 1.21. The lowest BCUT2D eigenvalue weighted by Crippen LogP contribution is -2.24. The molecule has 0 fully saturated rings. The Bertz CT molecular complexity index is 2270. The van der Waals surface area contributed by atoms with Crippen molar-refractivity contribution in [1.82, 2.24) is 9.55 Å². The molecule has 0 radical (unpaired) electrons. The van der Waals surface area contributed by atoms with Crippen LogP contribution in [0.4, 0.5) is 27.1 Å². The monoisotopic (exact) mass is 618 g/mol. The Morgan fingerprint density at radius 3 is 2.26 bits per heavy atom. The van der Waals surface area contributed by atoms with Crippen molar-refractivity contribution in [3.05, 3.63) is 144 Å². The van der Waals surface area contributed by atoms with E-state index >= 15 is 0 Å². The third-order valence-corrected chi connectivity index (χ3v) is 9.09. The summed E-state index contributed by atoms with van der Waals surface area (Å²) in [5.41, 5.74) is 8.52. The van der Waals surface area contributed by atoms with Crippen LogP contribution in [0, 0.1) is 5.82 Å². The summed E-state index contributed by atoms with van der Waals surface area (Å²) in [5.74, 6) is 2.45. The number of hydrogen-bond acceptors (Lipinski definition) is 4. The van der Waals surface area contributed by atoms with Gasteiger partial charge in [-0.2, -0.15) is 0 Å². The molecule has 47 heavy (non-hydrogen) atoms. The van der Waals surface area contributed by atoms with Crippen LogP contribution in [-0.2, 0) is 6.42 Å². The van der Waals surface area contributed by atoms with E-state index in [2.05, 4.69) is 114 Å². The first-order chi connectivity index (χ1) is 23.0. The zero-order valence-corrected chi connectivity index (χ0v) is 26.7. The van der Waals surface area contributed by atoms with E-state index in [1.54, 1.807) is 12.1 Å². The Morgan fingerprint density at radius 2 is 1.47 bits per heavy atom. The molecule has 0 N–H and O–H groups in total. The molecule has 2 aromatic heterocycles. The number of rotatable bonds is 7. The number of aromatic nitrogens is 2. The Labute approximate surface area is 274 Å². The number of aryl methyl sites for hydroxylation is 1. The van der Waals surface area contributed by atoms with Crippen LogP contribution in [0.2, 0.25) is 0 Å². The highest BCUT2D eigenvalue weighted by molar-refractivity contribution is 6.09. The van der Waals surface area contributed by atoms with Crippen LogP contribution in [-0.4, -0.2) is 16.2 Å². The van der Waals surface area contributed by atoms with Crippen LogP contribution in [0.15, 0.2) is 128 Å². The highest BCUT2D eigenvalue weighted by Gasteiger charge is 2.28. The maximum Gasteiger partial charge on any atom is 0.137 e. The van der Waals surface area contributed by atoms with Gasteiger partial charge in [-0.25, -0.2) is 9.37 Å². The quantitative estimate of drug-likeness (QED) is 0.178. The molecule has 6 heteroatoms. The van der Waals surface area contributed by atoms with Crippen molar-refractivity contribution in [3.8, 4) is 17.3 Å². The number of para-hydroxylation sites is 3. The van der Waals surface area contributed by atoms with Gasteiger partial charge in [-0.1, -0.05) is 57.2 Å². The fourth-order valence-corrected chi connectivity index (χ4v) is 6.65. The van der Waals surface area contributed by atoms with Crippen LogP contribution in [0.1, 0.15) is 37.8 Å². The lowest BCUT2D eigenvalue weighted by molar-refractivity contribution is 0.482. The summed E-state index contributed by atoms with van der Waals surface area (Å²) in [6, 6.07) is 40.5. The number of halogens is 1. The molecule has 0 aliphatic carbocycles. The van der Waals surface area contributed by atoms with E-state index in [0.717, 1.165) is 62.9 Å². The first-order valence-corrected chi connectivity index (χ1v) is 16.2. The van der Waals surface area contributed by atoms with Crippen LogP contribution in [0.3, 0.4) is 0 Å². The molecule has 232 valence electrons. The lowest BCUT2D eigenvalue weighted by Gasteiger charge is -2.24. The molecule has 5 aromatic carbocycles. The van der Waals surface area contributed by atoms with Gasteiger partial charge in [0.15, 0.2) is 0 Å². The van der Waals surface area contributed by atoms with Gasteiger partial charge in [-0.15, -0.1) is 0 Å². The zero-order valence-electron chi connectivity index (χ0n) is 26.7. The van der Waals surface area contributed by atoms with Gasteiger partial charge in [0.2, 0.25) is 0 Å². The molecule has 0 spiro atoms. The second-order valence-electron chi connectivity index (χ2n) is 12.4. The Morgan fingerprint density at radius 1 is 0.702 bits per heavy atom. The number of ether oxygens (including phenoxy) is 1. The van der Waals surface area contributed by atoms with Crippen molar-refractivity contribution in [1.29, 1.82) is 0 Å². The van der Waals surface area contributed by atoms with Crippen molar-refractivity contribution < 1.29 is 9.13 Å². The number of fused-ring (bicyclic) bond motifs is 4. The van der Waals surface area contributed by atoms with Crippen LogP contribution >= 0.6 is 0 Å². The third kappa shape index (κ3) is 5.16. The number of pyridine rings is 1. The summed E-state index contributed by atoms with van der Waals surface area (Å²) in [7, 11) is 0. The summed E-state index contributed by atoms with van der Waals surface area (Å²) in [6.07, 6.45) is 2.83. The van der Waals surface area contributed by atoms with Gasteiger partial charge in [-0.05, 0) is 96.3 Å². The summed E-state index contributed by atoms with van der Waals surface area (Å²) >= 11 is 0. The normalized spacial score (nSPS) is 12.8. The van der Waals surface area contributed by atoms with Gasteiger partial charge in [-0.3, -0.25) is 4.57 Å². The minimum Gasteiger partial charge on any atom is -0.457 e. The SMILES string of the molecule is CCc1ccnc(-n2c3ccccc3c3ccc(Oc4cc(C(C)C)cc(N5CN(c6cccc(F)c6)c6ccccc65)c4)cc32)c1. The maximum atomic E-state index is 14.3. The molecule has 0 atom stereocenters. The third-order valence-electron chi connectivity index (χ3n) is 9.09. The van der Waals surface area contributed by atoms with E-state index in [4.69, 9.17) is 9.72 Å². The highest BCUT2D eigenvalue weighted by Crippen LogP contribution is 2.46. The lowest BCUT2D eigenvalue weighted by atomic mass is 10.0. The minimum atomic E-state index is -0.249. The minimum absolute atomic E-state index is 0.249. The van der Waals surface area contributed by atoms with E-state index in [0.29, 0.717) is 6.67 Å². The van der Waals surface area contributed by atoms with Crippen LogP contribution in [0.5, 0.6) is 11.5 Å². The molecular formula is C41H35FN4O. The van der Waals surface area contributed by atoms with Crippen molar-refractivity contribution >= 4 is 44.6 Å². The molecule has 5 nitrogen and oxygen atoms in total. The second kappa shape index (κ2) is 11.6. The molecule has 1 aliphatic rings. The molecule has 0 unspecified atom stereocenters. The molecule has 7 aromatic rings. The standard InChI is InChI=1S/C41H35FN4O/c1-4-28-18-19-43-41(20-28)46-37-13-6-5-12-35(37)36-17-16-33(25-40(36)46)47-34-22-29(27(2)3)21-32(24-34)45-26-44(31-11-9-10-30(42)23-31)38-14-7-8-15-39(38)45/h5-25,27H,4,26H2,1-3H3. The maximum absolute atomic E-state index is 14.3. The smallest absolute Gasteiger partial charge is 0.137 e. The van der Waals surface area contributed by atoms with Crippen molar-refractivity contribution in [2.24, 2.45) is 0 Å². The van der Waals surface area contributed by atoms with E-state index in [-0.39, 0.29) is 11.7 Å². The Kier molecular flexibility index (Phi) is 7.13. The average molecular weight is 619 g/mol. The fourth-order valence-electron chi connectivity index (χ4n) is 6.65. The van der Waals surface area contributed by atoms with Crippen LogP contribution in [0.25, 0.3) is 27.6 Å². The van der Waals surface area contributed by atoms with E-state index in [1.807, 2.05) is 30.5 Å². The van der Waals surface area contributed by atoms with E-state index in [9.17, 15) is 4.39 Å². The first-order valence-electron chi connectivity index (χ1n) is 16.2. The largest absolute Gasteiger partial charge is 0.457 e. The molecule has 3 heterocycles. The predicted molar refractivity (Wildman–Crippen MR) is 191 cm³/mol. The molecular weight excluding hydrogens is 583 g/mol. The molecule has 1 aliphatic heterocycles. The average Bonchev–Trinajstić information content (AvgIpc) is 3.64. The summed E-state index contributed by atoms with van der Waals surface area (Å²) in [6.45, 7) is 7.11. The fraction of sp³-hybridized carbons (Fsp3) is 0.146. The second-order valence-corrected chi connectivity index (χ2v) is 12.4. The summed E-state index contributed by atoms with van der Waals surface area (Å²) in [5, 5.41) is 2.33. The van der Waals surface area contributed by atoms with Crippen molar-refractivity contribution in [2.45, 2.75) is 33.1 Å². The van der Waals surface area contributed by atoms with Crippen LogP contribution < -0.4 is 14.5 Å². The number of nitrogens with zero attached hydrogens (tertiary/aromatic N) is 4. The molecule has 0 saturated carbocycles. The van der Waals surface area contributed by atoms with Gasteiger partial charge in [0.05, 0.1) is 22.4 Å². The molecule has 0 bridgehead atoms. The van der Waals surface area contributed by atoms with Gasteiger partial charge >= 0.3 is 0 Å². The molecule has 0 saturated heterocycles. The molecule has 0 amide bonds. The van der Waals surface area contributed by atoms with Gasteiger partial charge in [0.1, 0.15) is 29.8 Å². The highest BCUT2D eigenvalue weighted by atomic mass is 19.1. The summed E-state index contributed by atoms with van der Waals surface area (Å²) < 4.78 is 23.2. The van der Waals surface area contributed by atoms with E-state index in [1.165, 1.54) is 22.6 Å².